The zero-order chi connectivity index (χ0) is 13.0. The largest absolute Gasteiger partial charge is 0.397 e. The van der Waals surface area contributed by atoms with E-state index in [2.05, 4.69) is 29.5 Å². The number of hydrogen-bond donors (Lipinski definition) is 2. The van der Waals surface area contributed by atoms with E-state index in [0.717, 1.165) is 23.6 Å². The van der Waals surface area contributed by atoms with Gasteiger partial charge in [0, 0.05) is 6.04 Å². The van der Waals surface area contributed by atoms with E-state index in [1.54, 1.807) is 0 Å². The Hall–Kier alpha value is -1.43. The quantitative estimate of drug-likeness (QED) is 0.618. The van der Waals surface area contributed by atoms with E-state index in [1.165, 1.54) is 0 Å². The third kappa shape index (κ3) is 2.87. The van der Waals surface area contributed by atoms with Crippen LogP contribution in [0, 0.1) is 0 Å². The van der Waals surface area contributed by atoms with Crippen molar-refractivity contribution in [1.82, 2.24) is 10.3 Å². The van der Waals surface area contributed by atoms with Crippen LogP contribution in [0.2, 0.25) is 0 Å². The predicted octanol–water partition coefficient (Wildman–Crippen LogP) is 2.75. The Morgan fingerprint density at radius 1 is 1.39 bits per heavy atom. The zero-order valence-electron chi connectivity index (χ0n) is 10.6. The molecule has 0 bridgehead atoms. The lowest BCUT2D eigenvalue weighted by molar-refractivity contribution is 0.315. The normalized spacial score (nSPS) is 12.8. The van der Waals surface area contributed by atoms with Crippen molar-refractivity contribution < 1.29 is 4.63 Å². The SMILES string of the molecule is CCSCCC(C)Nc1ccc(N)c2nonc12. The van der Waals surface area contributed by atoms with Crippen LogP contribution in [0.15, 0.2) is 16.8 Å². The zero-order valence-corrected chi connectivity index (χ0v) is 11.5. The minimum atomic E-state index is 0.382. The molecule has 0 saturated carbocycles. The van der Waals surface area contributed by atoms with E-state index in [9.17, 15) is 0 Å². The van der Waals surface area contributed by atoms with Crippen molar-refractivity contribution in [2.75, 3.05) is 22.6 Å². The lowest BCUT2D eigenvalue weighted by Crippen LogP contribution is -2.16. The third-order valence-electron chi connectivity index (χ3n) is 2.75. The molecule has 0 fully saturated rings. The smallest absolute Gasteiger partial charge is 0.160 e. The molecule has 2 aromatic rings. The molecule has 0 spiro atoms. The third-order valence-corrected chi connectivity index (χ3v) is 3.68. The van der Waals surface area contributed by atoms with E-state index in [1.807, 2.05) is 23.9 Å². The first kappa shape index (κ1) is 13.0. The molecule has 1 heterocycles. The first-order chi connectivity index (χ1) is 8.72. The van der Waals surface area contributed by atoms with Crippen LogP contribution in [-0.4, -0.2) is 27.9 Å². The standard InChI is InChI=1S/C12H18N4OS/c1-3-18-7-6-8(2)14-10-5-4-9(13)11-12(10)16-17-15-11/h4-5,8,14H,3,6-7,13H2,1-2H3. The molecular weight excluding hydrogens is 248 g/mol. The minimum absolute atomic E-state index is 0.382. The second kappa shape index (κ2) is 5.95. The fraction of sp³-hybridized carbons (Fsp3) is 0.500. The Morgan fingerprint density at radius 2 is 2.17 bits per heavy atom. The molecule has 5 nitrogen and oxygen atoms in total. The van der Waals surface area contributed by atoms with Gasteiger partial charge < -0.3 is 11.1 Å². The summed E-state index contributed by atoms with van der Waals surface area (Å²) in [6, 6.07) is 4.13. The van der Waals surface area contributed by atoms with Crippen LogP contribution in [0.25, 0.3) is 11.0 Å². The summed E-state index contributed by atoms with van der Waals surface area (Å²) in [6.07, 6.45) is 1.11. The molecule has 0 amide bonds. The monoisotopic (exact) mass is 266 g/mol. The van der Waals surface area contributed by atoms with E-state index < -0.39 is 0 Å². The number of nitrogens with one attached hydrogen (secondary N) is 1. The van der Waals surface area contributed by atoms with Crippen molar-refractivity contribution in [3.05, 3.63) is 12.1 Å². The Labute approximate surface area is 110 Å². The van der Waals surface area contributed by atoms with Crippen LogP contribution in [0.5, 0.6) is 0 Å². The van der Waals surface area contributed by atoms with Crippen molar-refractivity contribution in [2.24, 2.45) is 0 Å². The molecule has 98 valence electrons. The number of rotatable bonds is 6. The molecular formula is C12H18N4OS. The molecule has 3 N–H and O–H groups in total. The van der Waals surface area contributed by atoms with Crippen LogP contribution in [-0.2, 0) is 0 Å². The number of fused-ring (bicyclic) bond motifs is 1. The lowest BCUT2D eigenvalue weighted by Gasteiger charge is -2.15. The maximum absolute atomic E-state index is 5.80. The highest BCUT2D eigenvalue weighted by Gasteiger charge is 2.11. The summed E-state index contributed by atoms with van der Waals surface area (Å²) in [5.74, 6) is 2.31. The van der Waals surface area contributed by atoms with Crippen molar-refractivity contribution in [2.45, 2.75) is 26.3 Å². The molecule has 0 radical (unpaired) electrons. The number of nitrogen functional groups attached to an aromatic ring is 1. The van der Waals surface area contributed by atoms with Crippen molar-refractivity contribution >= 4 is 34.2 Å². The molecule has 0 aliphatic carbocycles. The van der Waals surface area contributed by atoms with Crippen LogP contribution >= 0.6 is 11.8 Å². The van der Waals surface area contributed by atoms with Gasteiger partial charge in [-0.25, -0.2) is 4.63 Å². The molecule has 1 unspecified atom stereocenters. The molecule has 0 aliphatic rings. The molecule has 1 atom stereocenters. The predicted molar refractivity (Wildman–Crippen MR) is 76.9 cm³/mol. The van der Waals surface area contributed by atoms with Gasteiger partial charge >= 0.3 is 0 Å². The van der Waals surface area contributed by atoms with Crippen molar-refractivity contribution in [1.29, 1.82) is 0 Å². The van der Waals surface area contributed by atoms with Gasteiger partial charge in [-0.1, -0.05) is 6.92 Å². The number of thioether (sulfide) groups is 1. The van der Waals surface area contributed by atoms with Crippen LogP contribution in [0.3, 0.4) is 0 Å². The van der Waals surface area contributed by atoms with Gasteiger partial charge in [0.25, 0.3) is 0 Å². The Balaban J connectivity index is 2.07. The van der Waals surface area contributed by atoms with Crippen molar-refractivity contribution in [3.63, 3.8) is 0 Å². The topological polar surface area (TPSA) is 77.0 Å². The first-order valence-corrected chi connectivity index (χ1v) is 7.23. The van der Waals surface area contributed by atoms with Crippen LogP contribution in [0.4, 0.5) is 11.4 Å². The average molecular weight is 266 g/mol. The molecule has 1 aromatic heterocycles. The second-order valence-electron chi connectivity index (χ2n) is 4.19. The van der Waals surface area contributed by atoms with E-state index in [0.29, 0.717) is 22.8 Å². The van der Waals surface area contributed by atoms with Gasteiger partial charge in [0.2, 0.25) is 0 Å². The average Bonchev–Trinajstić information content (AvgIpc) is 2.83. The fourth-order valence-electron chi connectivity index (χ4n) is 1.74. The Bertz CT molecular complexity index is 514. The highest BCUT2D eigenvalue weighted by molar-refractivity contribution is 7.99. The minimum Gasteiger partial charge on any atom is -0.397 e. The van der Waals surface area contributed by atoms with Gasteiger partial charge in [-0.3, -0.25) is 0 Å². The summed E-state index contributed by atoms with van der Waals surface area (Å²) < 4.78 is 4.74. The van der Waals surface area contributed by atoms with Gasteiger partial charge in [-0.2, -0.15) is 11.8 Å². The van der Waals surface area contributed by atoms with Gasteiger partial charge in [0.1, 0.15) is 0 Å². The first-order valence-electron chi connectivity index (χ1n) is 6.07. The summed E-state index contributed by atoms with van der Waals surface area (Å²) in [4.78, 5) is 0. The summed E-state index contributed by atoms with van der Waals surface area (Å²) in [7, 11) is 0. The molecule has 0 aliphatic heterocycles. The second-order valence-corrected chi connectivity index (χ2v) is 5.59. The Morgan fingerprint density at radius 3 is 2.94 bits per heavy atom. The molecule has 2 rings (SSSR count). The van der Waals surface area contributed by atoms with Gasteiger partial charge in [0.15, 0.2) is 11.0 Å². The summed E-state index contributed by atoms with van der Waals surface area (Å²) >= 11 is 1.95. The van der Waals surface area contributed by atoms with Crippen molar-refractivity contribution in [3.8, 4) is 0 Å². The van der Waals surface area contributed by atoms with E-state index >= 15 is 0 Å². The molecule has 18 heavy (non-hydrogen) atoms. The number of aromatic nitrogens is 2. The van der Waals surface area contributed by atoms with Gasteiger partial charge in [-0.15, -0.1) is 0 Å². The molecule has 6 heteroatoms. The van der Waals surface area contributed by atoms with Gasteiger partial charge in [0.05, 0.1) is 11.4 Å². The number of anilines is 2. The highest BCUT2D eigenvalue weighted by atomic mass is 32.2. The number of benzene rings is 1. The maximum Gasteiger partial charge on any atom is 0.160 e. The van der Waals surface area contributed by atoms with Gasteiger partial charge in [-0.05, 0) is 47.3 Å². The molecule has 0 saturated heterocycles. The fourth-order valence-corrected chi connectivity index (χ4v) is 2.55. The Kier molecular flexibility index (Phi) is 4.30. The summed E-state index contributed by atoms with van der Waals surface area (Å²) in [5, 5.41) is 11.1. The van der Waals surface area contributed by atoms with E-state index in [4.69, 9.17) is 10.4 Å². The number of hydrogen-bond acceptors (Lipinski definition) is 6. The van der Waals surface area contributed by atoms with Crippen LogP contribution in [0.1, 0.15) is 20.3 Å². The molecule has 1 aromatic carbocycles. The summed E-state index contributed by atoms with van der Waals surface area (Å²) in [6.45, 7) is 4.33. The highest BCUT2D eigenvalue weighted by Crippen LogP contribution is 2.26. The van der Waals surface area contributed by atoms with E-state index in [-0.39, 0.29) is 0 Å². The lowest BCUT2D eigenvalue weighted by atomic mass is 10.2. The maximum atomic E-state index is 5.80. The van der Waals surface area contributed by atoms with Crippen LogP contribution < -0.4 is 11.1 Å². The number of nitrogens with two attached hydrogens (primary N) is 1. The summed E-state index contributed by atoms with van der Waals surface area (Å²) in [5.41, 5.74) is 8.64. The number of nitrogens with zero attached hydrogens (tertiary/aromatic N) is 2.